The number of ketones is 1. The summed E-state index contributed by atoms with van der Waals surface area (Å²) in [6.45, 7) is 0.0652. The van der Waals surface area contributed by atoms with Crippen LogP contribution in [0.25, 0.3) is 0 Å². The van der Waals surface area contributed by atoms with Crippen LogP contribution in [0.4, 0.5) is 0 Å². The maximum absolute atomic E-state index is 12.3. The summed E-state index contributed by atoms with van der Waals surface area (Å²) in [5, 5.41) is 9.68. The number of aromatic nitrogens is 2. The molecule has 0 saturated heterocycles. The average Bonchev–Trinajstić information content (AvgIpc) is 2.47. The van der Waals surface area contributed by atoms with Crippen molar-refractivity contribution in [3.63, 3.8) is 0 Å². The Hall–Kier alpha value is -2.31. The van der Waals surface area contributed by atoms with Gasteiger partial charge in [0.05, 0.1) is 5.56 Å². The molecule has 0 aliphatic heterocycles. The van der Waals surface area contributed by atoms with Gasteiger partial charge in [0.25, 0.3) is 0 Å². The van der Waals surface area contributed by atoms with Gasteiger partial charge in [-0.15, -0.1) is 0 Å². The number of carbonyl (C=O) groups excluding carboxylic acids is 1. The molecule has 108 valence electrons. The van der Waals surface area contributed by atoms with Gasteiger partial charge in [0.15, 0.2) is 17.3 Å². The molecule has 0 bridgehead atoms. The van der Waals surface area contributed by atoms with Gasteiger partial charge in [-0.2, -0.15) is 0 Å². The van der Waals surface area contributed by atoms with Crippen molar-refractivity contribution in [1.29, 1.82) is 0 Å². The summed E-state index contributed by atoms with van der Waals surface area (Å²) in [7, 11) is 1.44. The second kappa shape index (κ2) is 6.43. The van der Waals surface area contributed by atoms with Crippen molar-refractivity contribution in [3.05, 3.63) is 58.1 Å². The smallest absolute Gasteiger partial charge is 0.355 e. The van der Waals surface area contributed by atoms with E-state index < -0.39 is 11.8 Å². The third-order valence-electron chi connectivity index (χ3n) is 2.67. The Kier molecular flexibility index (Phi) is 4.62. The number of nitrogens with zero attached hydrogens (tertiary/aromatic N) is 2. The van der Waals surface area contributed by atoms with E-state index in [1.54, 1.807) is 12.1 Å². The molecule has 0 radical (unpaired) electrons. The van der Waals surface area contributed by atoms with Crippen LogP contribution in [0.2, 0.25) is 5.02 Å². The van der Waals surface area contributed by atoms with Gasteiger partial charge in [0, 0.05) is 23.9 Å². The Morgan fingerprint density at radius 1 is 1.29 bits per heavy atom. The van der Waals surface area contributed by atoms with Gasteiger partial charge in [0.1, 0.15) is 6.61 Å². The van der Waals surface area contributed by atoms with E-state index in [1.165, 1.54) is 25.4 Å². The number of aromatic carboxylic acids is 1. The first-order chi connectivity index (χ1) is 10.0. The standard InChI is InChI=1S/C14H11ClN2O4/c1-21-7-11-16-6-10(12(17-11)14(19)20)13(18)8-2-4-9(15)5-3-8/h2-6H,7H2,1H3,(H,19,20). The average molecular weight is 307 g/mol. The van der Waals surface area contributed by atoms with E-state index in [1.807, 2.05) is 0 Å². The highest BCUT2D eigenvalue weighted by Crippen LogP contribution is 2.16. The van der Waals surface area contributed by atoms with Crippen LogP contribution < -0.4 is 0 Å². The fourth-order valence-electron chi connectivity index (χ4n) is 1.70. The monoisotopic (exact) mass is 306 g/mol. The number of carboxylic acid groups (broad SMARTS) is 1. The number of hydrogen-bond donors (Lipinski definition) is 1. The fourth-order valence-corrected chi connectivity index (χ4v) is 1.83. The number of halogens is 1. The van der Waals surface area contributed by atoms with E-state index in [9.17, 15) is 14.7 Å². The lowest BCUT2D eigenvalue weighted by Crippen LogP contribution is -2.15. The highest BCUT2D eigenvalue weighted by Gasteiger charge is 2.21. The van der Waals surface area contributed by atoms with Crippen LogP contribution in [-0.2, 0) is 11.3 Å². The third kappa shape index (κ3) is 3.42. The molecule has 0 unspecified atom stereocenters. The molecule has 6 nitrogen and oxygen atoms in total. The molecule has 1 aromatic carbocycles. The Labute approximate surface area is 125 Å². The van der Waals surface area contributed by atoms with Gasteiger partial charge in [-0.25, -0.2) is 14.8 Å². The zero-order chi connectivity index (χ0) is 15.4. The normalized spacial score (nSPS) is 10.4. The van der Waals surface area contributed by atoms with E-state index in [0.29, 0.717) is 10.6 Å². The summed E-state index contributed by atoms with van der Waals surface area (Å²) < 4.78 is 4.84. The van der Waals surface area contributed by atoms with Crippen molar-refractivity contribution in [2.24, 2.45) is 0 Å². The summed E-state index contributed by atoms with van der Waals surface area (Å²) in [5.74, 6) is -1.58. The molecular formula is C14H11ClN2O4. The summed E-state index contributed by atoms with van der Waals surface area (Å²) >= 11 is 5.76. The van der Waals surface area contributed by atoms with Crippen LogP contribution in [0.1, 0.15) is 32.2 Å². The van der Waals surface area contributed by atoms with Crippen molar-refractivity contribution < 1.29 is 19.4 Å². The molecule has 0 fully saturated rings. The first kappa shape index (κ1) is 15.1. The van der Waals surface area contributed by atoms with Gasteiger partial charge in [-0.1, -0.05) is 11.6 Å². The molecule has 0 spiro atoms. The third-order valence-corrected chi connectivity index (χ3v) is 2.92. The lowest BCUT2D eigenvalue weighted by molar-refractivity contribution is 0.0684. The molecule has 0 saturated carbocycles. The SMILES string of the molecule is COCc1ncc(C(=O)c2ccc(Cl)cc2)c(C(=O)O)n1. The van der Waals surface area contributed by atoms with Gasteiger partial charge in [0.2, 0.25) is 0 Å². The second-order valence-electron chi connectivity index (χ2n) is 4.12. The largest absolute Gasteiger partial charge is 0.476 e. The Morgan fingerprint density at radius 2 is 1.95 bits per heavy atom. The highest BCUT2D eigenvalue weighted by molar-refractivity contribution is 6.30. The summed E-state index contributed by atoms with van der Waals surface area (Å²) in [5.41, 5.74) is -0.119. The molecule has 0 aliphatic carbocycles. The molecule has 0 aliphatic rings. The van der Waals surface area contributed by atoms with Gasteiger partial charge < -0.3 is 9.84 Å². The zero-order valence-electron chi connectivity index (χ0n) is 11.0. The zero-order valence-corrected chi connectivity index (χ0v) is 11.8. The van der Waals surface area contributed by atoms with Crippen molar-refractivity contribution in [1.82, 2.24) is 9.97 Å². The second-order valence-corrected chi connectivity index (χ2v) is 4.56. The number of benzene rings is 1. The Morgan fingerprint density at radius 3 is 2.52 bits per heavy atom. The molecule has 21 heavy (non-hydrogen) atoms. The molecule has 0 atom stereocenters. The van der Waals surface area contributed by atoms with Crippen LogP contribution in [0.15, 0.2) is 30.5 Å². The molecule has 1 heterocycles. The number of hydrogen-bond acceptors (Lipinski definition) is 5. The minimum Gasteiger partial charge on any atom is -0.476 e. The molecule has 1 N–H and O–H groups in total. The number of rotatable bonds is 5. The fraction of sp³-hybridized carbons (Fsp3) is 0.143. The van der Waals surface area contributed by atoms with Crippen LogP contribution >= 0.6 is 11.6 Å². The van der Waals surface area contributed by atoms with Crippen molar-refractivity contribution in [3.8, 4) is 0 Å². The minimum atomic E-state index is -1.30. The lowest BCUT2D eigenvalue weighted by atomic mass is 10.0. The molecule has 0 amide bonds. The van der Waals surface area contributed by atoms with Gasteiger partial charge >= 0.3 is 5.97 Å². The molecule has 7 heteroatoms. The van der Waals surface area contributed by atoms with Crippen LogP contribution in [0, 0.1) is 0 Å². The molecule has 1 aromatic heterocycles. The van der Waals surface area contributed by atoms with Crippen molar-refractivity contribution in [2.75, 3.05) is 7.11 Å². The highest BCUT2D eigenvalue weighted by atomic mass is 35.5. The van der Waals surface area contributed by atoms with E-state index in [4.69, 9.17) is 16.3 Å². The van der Waals surface area contributed by atoms with Gasteiger partial charge in [-0.05, 0) is 24.3 Å². The maximum atomic E-state index is 12.3. The predicted octanol–water partition coefficient (Wildman–Crippen LogP) is 2.21. The van der Waals surface area contributed by atoms with E-state index in [2.05, 4.69) is 9.97 Å². The number of carbonyl (C=O) groups is 2. The molecule has 2 rings (SSSR count). The maximum Gasteiger partial charge on any atom is 0.355 e. The van der Waals surface area contributed by atoms with E-state index in [0.717, 1.165) is 0 Å². The Balaban J connectivity index is 2.44. The quantitative estimate of drug-likeness (QED) is 0.852. The predicted molar refractivity (Wildman–Crippen MR) is 74.6 cm³/mol. The van der Waals surface area contributed by atoms with Crippen LogP contribution in [0.5, 0.6) is 0 Å². The summed E-state index contributed by atoms with van der Waals surface area (Å²) in [4.78, 5) is 31.4. The minimum absolute atomic E-state index is 0.0652. The van der Waals surface area contributed by atoms with Crippen LogP contribution in [-0.4, -0.2) is 33.9 Å². The number of carboxylic acids is 1. The van der Waals surface area contributed by atoms with E-state index in [-0.39, 0.29) is 23.7 Å². The number of ether oxygens (including phenoxy) is 1. The van der Waals surface area contributed by atoms with Crippen molar-refractivity contribution >= 4 is 23.4 Å². The summed E-state index contributed by atoms with van der Waals surface area (Å²) in [6.07, 6.45) is 1.20. The van der Waals surface area contributed by atoms with Crippen LogP contribution in [0.3, 0.4) is 0 Å². The molecule has 2 aromatic rings. The topological polar surface area (TPSA) is 89.4 Å². The van der Waals surface area contributed by atoms with Crippen molar-refractivity contribution in [2.45, 2.75) is 6.61 Å². The van der Waals surface area contributed by atoms with Gasteiger partial charge in [-0.3, -0.25) is 4.79 Å². The Bertz CT molecular complexity index is 686. The lowest BCUT2D eigenvalue weighted by Gasteiger charge is -2.06. The van der Waals surface area contributed by atoms with E-state index >= 15 is 0 Å². The molecular weight excluding hydrogens is 296 g/mol. The summed E-state index contributed by atoms with van der Waals surface area (Å²) in [6, 6.07) is 6.13. The number of methoxy groups -OCH3 is 1. The first-order valence-corrected chi connectivity index (χ1v) is 6.29. The first-order valence-electron chi connectivity index (χ1n) is 5.91.